The normalized spacial score (nSPS) is 20.1. The summed E-state index contributed by atoms with van der Waals surface area (Å²) in [4.78, 5) is 2.33. The minimum absolute atomic E-state index is 0.280. The lowest BCUT2D eigenvalue weighted by Crippen LogP contribution is -2.42. The summed E-state index contributed by atoms with van der Waals surface area (Å²) < 4.78 is 1.87. The van der Waals surface area contributed by atoms with Crippen LogP contribution in [0.25, 0.3) is 0 Å². The Morgan fingerprint density at radius 3 is 2.85 bits per heavy atom. The molecule has 2 aromatic rings. The summed E-state index contributed by atoms with van der Waals surface area (Å²) in [6, 6.07) is 10.5. The van der Waals surface area contributed by atoms with Crippen molar-refractivity contribution in [2.45, 2.75) is 32.0 Å². The van der Waals surface area contributed by atoms with Gasteiger partial charge in [0, 0.05) is 12.6 Å². The maximum Gasteiger partial charge on any atom is 0.165 e. The van der Waals surface area contributed by atoms with Gasteiger partial charge in [0.05, 0.1) is 13.1 Å². The summed E-state index contributed by atoms with van der Waals surface area (Å²) >= 11 is 0. The van der Waals surface area contributed by atoms with Gasteiger partial charge >= 0.3 is 0 Å². The number of tetrazole rings is 1. The maximum absolute atomic E-state index is 6.02. The summed E-state index contributed by atoms with van der Waals surface area (Å²) in [6.07, 6.45) is 2.27. The van der Waals surface area contributed by atoms with Gasteiger partial charge in [-0.1, -0.05) is 30.3 Å². The van der Waals surface area contributed by atoms with Gasteiger partial charge in [-0.05, 0) is 35.4 Å². The average Bonchev–Trinajstić information content (AvgIpc) is 2.87. The molecule has 2 heterocycles. The van der Waals surface area contributed by atoms with E-state index in [1.54, 1.807) is 0 Å². The second-order valence-electron chi connectivity index (χ2n) is 5.38. The number of hydrogen-bond donors (Lipinski definition) is 1. The second kappa shape index (κ2) is 6.11. The second-order valence-corrected chi connectivity index (χ2v) is 5.38. The van der Waals surface area contributed by atoms with E-state index in [9.17, 15) is 0 Å². The Labute approximate surface area is 118 Å². The van der Waals surface area contributed by atoms with Crippen LogP contribution in [-0.2, 0) is 13.1 Å². The van der Waals surface area contributed by atoms with Crippen LogP contribution in [0.4, 0.5) is 0 Å². The first-order chi connectivity index (χ1) is 9.81. The highest BCUT2D eigenvalue weighted by Gasteiger charge is 2.19. The van der Waals surface area contributed by atoms with Gasteiger partial charge in [0.15, 0.2) is 5.82 Å². The Hall–Kier alpha value is -1.79. The van der Waals surface area contributed by atoms with Crippen LogP contribution in [0.1, 0.15) is 24.2 Å². The van der Waals surface area contributed by atoms with Crippen LogP contribution in [0.15, 0.2) is 30.3 Å². The van der Waals surface area contributed by atoms with Crippen molar-refractivity contribution in [3.8, 4) is 0 Å². The number of piperidine rings is 1. The Morgan fingerprint density at radius 1 is 1.20 bits per heavy atom. The molecule has 20 heavy (non-hydrogen) atoms. The third-order valence-electron chi connectivity index (χ3n) is 3.69. The van der Waals surface area contributed by atoms with Crippen LogP contribution >= 0.6 is 0 Å². The highest BCUT2D eigenvalue weighted by atomic mass is 15.5. The minimum Gasteiger partial charge on any atom is -0.327 e. The largest absolute Gasteiger partial charge is 0.327 e. The first-order valence-electron chi connectivity index (χ1n) is 7.08. The number of nitrogens with two attached hydrogens (primary N) is 1. The lowest BCUT2D eigenvalue weighted by molar-refractivity contribution is 0.194. The number of likely N-dealkylation sites (tertiary alicyclic amines) is 1. The summed E-state index contributed by atoms with van der Waals surface area (Å²) in [5, 5.41) is 12.1. The van der Waals surface area contributed by atoms with Crippen molar-refractivity contribution >= 4 is 0 Å². The fraction of sp³-hybridized carbons (Fsp3) is 0.500. The molecule has 106 valence electrons. The molecule has 6 heteroatoms. The molecule has 1 aromatic carbocycles. The van der Waals surface area contributed by atoms with Gasteiger partial charge in [-0.15, -0.1) is 5.10 Å². The smallest absolute Gasteiger partial charge is 0.165 e. The minimum atomic E-state index is 0.280. The molecule has 1 saturated heterocycles. The van der Waals surface area contributed by atoms with E-state index in [2.05, 4.69) is 32.6 Å². The van der Waals surface area contributed by atoms with Gasteiger partial charge < -0.3 is 5.73 Å². The zero-order valence-electron chi connectivity index (χ0n) is 11.5. The van der Waals surface area contributed by atoms with E-state index in [1.807, 2.05) is 22.9 Å². The van der Waals surface area contributed by atoms with Gasteiger partial charge in [-0.3, -0.25) is 4.90 Å². The van der Waals surface area contributed by atoms with Crippen LogP contribution in [0.3, 0.4) is 0 Å². The van der Waals surface area contributed by atoms with Crippen molar-refractivity contribution in [1.29, 1.82) is 0 Å². The van der Waals surface area contributed by atoms with E-state index in [0.717, 1.165) is 38.3 Å². The number of aromatic nitrogens is 4. The Bertz CT molecular complexity index is 538. The predicted molar refractivity (Wildman–Crippen MR) is 75.8 cm³/mol. The molecule has 1 atom stereocenters. The Morgan fingerprint density at radius 2 is 2.05 bits per heavy atom. The monoisotopic (exact) mass is 272 g/mol. The molecule has 3 rings (SSSR count). The highest BCUT2D eigenvalue weighted by Crippen LogP contribution is 2.11. The zero-order valence-corrected chi connectivity index (χ0v) is 11.5. The molecule has 1 fully saturated rings. The van der Waals surface area contributed by atoms with Crippen molar-refractivity contribution in [2.24, 2.45) is 5.73 Å². The number of rotatable bonds is 4. The third kappa shape index (κ3) is 3.20. The fourth-order valence-corrected chi connectivity index (χ4v) is 2.65. The molecule has 0 bridgehead atoms. The van der Waals surface area contributed by atoms with E-state index in [1.165, 1.54) is 5.56 Å². The highest BCUT2D eigenvalue weighted by molar-refractivity contribution is 5.14. The van der Waals surface area contributed by atoms with E-state index < -0.39 is 0 Å². The van der Waals surface area contributed by atoms with Gasteiger partial charge in [-0.25, -0.2) is 4.68 Å². The van der Waals surface area contributed by atoms with E-state index >= 15 is 0 Å². The Kier molecular flexibility index (Phi) is 4.03. The molecule has 0 amide bonds. The summed E-state index contributed by atoms with van der Waals surface area (Å²) in [7, 11) is 0. The van der Waals surface area contributed by atoms with Crippen LogP contribution < -0.4 is 5.73 Å². The molecule has 0 saturated carbocycles. The lowest BCUT2D eigenvalue weighted by atomic mass is 10.1. The molecule has 1 unspecified atom stereocenters. The fourth-order valence-electron chi connectivity index (χ4n) is 2.65. The SMILES string of the molecule is NC1CCCN(Cc2nnnn2Cc2ccccc2)C1. The number of nitrogens with zero attached hydrogens (tertiary/aromatic N) is 5. The summed E-state index contributed by atoms with van der Waals surface area (Å²) in [5.41, 5.74) is 7.22. The molecule has 2 N–H and O–H groups in total. The summed E-state index contributed by atoms with van der Waals surface area (Å²) in [6.45, 7) is 3.49. The van der Waals surface area contributed by atoms with Crippen LogP contribution in [0.2, 0.25) is 0 Å². The molecule has 1 aliphatic rings. The van der Waals surface area contributed by atoms with Crippen LogP contribution in [0.5, 0.6) is 0 Å². The van der Waals surface area contributed by atoms with Crippen molar-refractivity contribution in [3.63, 3.8) is 0 Å². The summed E-state index contributed by atoms with van der Waals surface area (Å²) in [5.74, 6) is 0.906. The molecular formula is C14H20N6. The van der Waals surface area contributed by atoms with Gasteiger partial charge in [0.1, 0.15) is 0 Å². The molecular weight excluding hydrogens is 252 g/mol. The first kappa shape index (κ1) is 13.2. The van der Waals surface area contributed by atoms with E-state index in [0.29, 0.717) is 6.54 Å². The van der Waals surface area contributed by atoms with Gasteiger partial charge in [0.25, 0.3) is 0 Å². The average molecular weight is 272 g/mol. The maximum atomic E-state index is 6.02. The van der Waals surface area contributed by atoms with Gasteiger partial charge in [0.2, 0.25) is 0 Å². The molecule has 1 aromatic heterocycles. The van der Waals surface area contributed by atoms with E-state index in [-0.39, 0.29) is 6.04 Å². The molecule has 6 nitrogen and oxygen atoms in total. The van der Waals surface area contributed by atoms with Crippen molar-refractivity contribution in [1.82, 2.24) is 25.1 Å². The number of hydrogen-bond acceptors (Lipinski definition) is 5. The van der Waals surface area contributed by atoms with Crippen LogP contribution in [-0.4, -0.2) is 44.2 Å². The third-order valence-corrected chi connectivity index (χ3v) is 3.69. The predicted octanol–water partition coefficient (Wildman–Crippen LogP) is 0.644. The van der Waals surface area contributed by atoms with Crippen molar-refractivity contribution in [2.75, 3.05) is 13.1 Å². The molecule has 0 aliphatic carbocycles. The topological polar surface area (TPSA) is 72.9 Å². The Balaban J connectivity index is 1.67. The molecule has 0 radical (unpaired) electrons. The zero-order chi connectivity index (χ0) is 13.8. The molecule has 0 spiro atoms. The van der Waals surface area contributed by atoms with Crippen molar-refractivity contribution in [3.05, 3.63) is 41.7 Å². The molecule has 1 aliphatic heterocycles. The standard InChI is InChI=1S/C14H20N6/c15-13-7-4-8-19(10-13)11-14-16-17-18-20(14)9-12-5-2-1-3-6-12/h1-3,5-6,13H,4,7-11,15H2. The van der Waals surface area contributed by atoms with E-state index in [4.69, 9.17) is 5.73 Å². The van der Waals surface area contributed by atoms with Crippen molar-refractivity contribution < 1.29 is 0 Å². The van der Waals surface area contributed by atoms with Gasteiger partial charge in [-0.2, -0.15) is 0 Å². The quantitative estimate of drug-likeness (QED) is 0.884. The first-order valence-corrected chi connectivity index (χ1v) is 7.08. The number of benzene rings is 1. The lowest BCUT2D eigenvalue weighted by Gasteiger charge is -2.29. The van der Waals surface area contributed by atoms with Crippen LogP contribution in [0, 0.1) is 0 Å².